The summed E-state index contributed by atoms with van der Waals surface area (Å²) in [7, 11) is 1.62. The third kappa shape index (κ3) is 4.16. The average Bonchev–Trinajstić information content (AvgIpc) is 2.34. The molecular weight excluding hydrogens is 204 g/mol. The highest BCUT2D eigenvalue weighted by molar-refractivity contribution is 5.15. The van der Waals surface area contributed by atoms with Gasteiger partial charge < -0.3 is 9.84 Å². The zero-order chi connectivity index (χ0) is 11.8. The number of aliphatic hydroxyl groups is 1. The van der Waals surface area contributed by atoms with E-state index in [1.807, 2.05) is 18.2 Å². The topological polar surface area (TPSA) is 45.6 Å². The zero-order valence-electron chi connectivity index (χ0n) is 10.0. The van der Waals surface area contributed by atoms with Gasteiger partial charge in [-0.25, -0.2) is 4.98 Å². The first-order valence-corrected chi connectivity index (χ1v) is 5.63. The molecule has 0 atom stereocenters. The molecule has 4 nitrogen and oxygen atoms in total. The van der Waals surface area contributed by atoms with Crippen molar-refractivity contribution in [2.75, 3.05) is 26.8 Å². The first-order valence-electron chi connectivity index (χ1n) is 5.63. The molecule has 0 aromatic carbocycles. The van der Waals surface area contributed by atoms with Crippen LogP contribution >= 0.6 is 0 Å². The normalized spacial score (nSPS) is 10.8. The van der Waals surface area contributed by atoms with Gasteiger partial charge in [-0.3, -0.25) is 4.90 Å². The third-order valence-corrected chi connectivity index (χ3v) is 2.46. The Labute approximate surface area is 96.9 Å². The van der Waals surface area contributed by atoms with Crippen LogP contribution in [0.2, 0.25) is 0 Å². The molecule has 0 unspecified atom stereocenters. The fourth-order valence-corrected chi connectivity index (χ4v) is 1.53. The van der Waals surface area contributed by atoms with Crippen molar-refractivity contribution >= 4 is 0 Å². The van der Waals surface area contributed by atoms with E-state index in [9.17, 15) is 0 Å². The van der Waals surface area contributed by atoms with Crippen LogP contribution in [0.4, 0.5) is 0 Å². The van der Waals surface area contributed by atoms with Crippen molar-refractivity contribution in [3.05, 3.63) is 23.9 Å². The van der Waals surface area contributed by atoms with E-state index in [0.29, 0.717) is 5.88 Å². The summed E-state index contributed by atoms with van der Waals surface area (Å²) < 4.78 is 5.08. The predicted molar refractivity (Wildman–Crippen MR) is 63.4 cm³/mol. The van der Waals surface area contributed by atoms with Gasteiger partial charge in [0.2, 0.25) is 5.88 Å². The number of hydrogen-bond donors (Lipinski definition) is 1. The number of ether oxygens (including phenoxy) is 1. The van der Waals surface area contributed by atoms with E-state index in [1.54, 1.807) is 7.11 Å². The molecule has 1 aromatic heterocycles. The number of rotatable bonds is 7. The van der Waals surface area contributed by atoms with E-state index in [1.165, 1.54) is 0 Å². The molecule has 0 aliphatic heterocycles. The molecule has 0 spiro atoms. The van der Waals surface area contributed by atoms with E-state index < -0.39 is 0 Å². The van der Waals surface area contributed by atoms with Gasteiger partial charge in [-0.2, -0.15) is 0 Å². The Morgan fingerprint density at radius 2 is 2.25 bits per heavy atom. The Kier molecular flexibility index (Phi) is 5.82. The van der Waals surface area contributed by atoms with Crippen molar-refractivity contribution in [3.63, 3.8) is 0 Å². The van der Waals surface area contributed by atoms with E-state index in [0.717, 1.165) is 31.7 Å². The van der Waals surface area contributed by atoms with Crippen LogP contribution in [0.3, 0.4) is 0 Å². The summed E-state index contributed by atoms with van der Waals surface area (Å²) in [5.41, 5.74) is 0.999. The number of pyridine rings is 1. The van der Waals surface area contributed by atoms with Crippen molar-refractivity contribution in [2.45, 2.75) is 19.9 Å². The van der Waals surface area contributed by atoms with E-state index in [2.05, 4.69) is 16.8 Å². The second kappa shape index (κ2) is 7.19. The second-order valence-corrected chi connectivity index (χ2v) is 3.62. The first kappa shape index (κ1) is 12.9. The van der Waals surface area contributed by atoms with Crippen LogP contribution in [-0.4, -0.2) is 41.8 Å². The van der Waals surface area contributed by atoms with Crippen LogP contribution in [0.5, 0.6) is 5.88 Å². The number of hydrogen-bond acceptors (Lipinski definition) is 4. The summed E-state index contributed by atoms with van der Waals surface area (Å²) in [5, 5.41) is 8.80. The SMILES string of the molecule is CCN(CCCO)Cc1cccc(OC)n1. The highest BCUT2D eigenvalue weighted by Crippen LogP contribution is 2.09. The molecule has 1 rings (SSSR count). The molecule has 1 heterocycles. The van der Waals surface area contributed by atoms with Crippen LogP contribution in [0.15, 0.2) is 18.2 Å². The Morgan fingerprint density at radius 3 is 2.88 bits per heavy atom. The molecule has 4 heteroatoms. The first-order chi connectivity index (χ1) is 7.80. The lowest BCUT2D eigenvalue weighted by Gasteiger charge is -2.19. The number of aromatic nitrogens is 1. The quantitative estimate of drug-likeness (QED) is 0.758. The smallest absolute Gasteiger partial charge is 0.213 e. The van der Waals surface area contributed by atoms with Crippen LogP contribution in [-0.2, 0) is 6.54 Å². The maximum Gasteiger partial charge on any atom is 0.213 e. The molecule has 16 heavy (non-hydrogen) atoms. The van der Waals surface area contributed by atoms with Gasteiger partial charge in [0.05, 0.1) is 12.8 Å². The van der Waals surface area contributed by atoms with Crippen LogP contribution < -0.4 is 4.74 Å². The largest absolute Gasteiger partial charge is 0.481 e. The summed E-state index contributed by atoms with van der Waals surface area (Å²) in [6, 6.07) is 5.78. The maximum atomic E-state index is 8.80. The van der Waals surface area contributed by atoms with Crippen molar-refractivity contribution in [1.82, 2.24) is 9.88 Å². The van der Waals surface area contributed by atoms with Crippen molar-refractivity contribution in [2.24, 2.45) is 0 Å². The van der Waals surface area contributed by atoms with Gasteiger partial charge in [0.25, 0.3) is 0 Å². The van der Waals surface area contributed by atoms with Crippen molar-refractivity contribution < 1.29 is 9.84 Å². The zero-order valence-corrected chi connectivity index (χ0v) is 10.0. The van der Waals surface area contributed by atoms with Gasteiger partial charge in [0.15, 0.2) is 0 Å². The Balaban J connectivity index is 2.55. The fraction of sp³-hybridized carbons (Fsp3) is 0.583. The maximum absolute atomic E-state index is 8.80. The fourth-order valence-electron chi connectivity index (χ4n) is 1.53. The lowest BCUT2D eigenvalue weighted by molar-refractivity contribution is 0.223. The molecule has 0 saturated heterocycles. The molecule has 1 aromatic rings. The molecule has 90 valence electrons. The van der Waals surface area contributed by atoms with Crippen molar-refractivity contribution in [1.29, 1.82) is 0 Å². The monoisotopic (exact) mass is 224 g/mol. The highest BCUT2D eigenvalue weighted by Gasteiger charge is 2.05. The molecule has 1 N–H and O–H groups in total. The number of nitrogens with zero attached hydrogens (tertiary/aromatic N) is 2. The molecule has 0 amide bonds. The Morgan fingerprint density at radius 1 is 1.44 bits per heavy atom. The molecule has 0 aliphatic carbocycles. The van der Waals surface area contributed by atoms with Gasteiger partial charge in [0, 0.05) is 25.8 Å². The lowest BCUT2D eigenvalue weighted by atomic mass is 10.3. The summed E-state index contributed by atoms with van der Waals surface area (Å²) >= 11 is 0. The standard InChI is InChI=1S/C12H20N2O2/c1-3-14(8-5-9-15)10-11-6-4-7-12(13-11)16-2/h4,6-7,15H,3,5,8-10H2,1-2H3. The molecule has 0 radical (unpaired) electrons. The van der Waals surface area contributed by atoms with E-state index >= 15 is 0 Å². The van der Waals surface area contributed by atoms with E-state index in [-0.39, 0.29) is 6.61 Å². The molecular formula is C12H20N2O2. The van der Waals surface area contributed by atoms with E-state index in [4.69, 9.17) is 9.84 Å². The summed E-state index contributed by atoms with van der Waals surface area (Å²) in [6.07, 6.45) is 0.803. The Bertz CT molecular complexity index is 305. The average molecular weight is 224 g/mol. The highest BCUT2D eigenvalue weighted by atomic mass is 16.5. The van der Waals surface area contributed by atoms with Crippen LogP contribution in [0, 0.1) is 0 Å². The molecule has 0 bridgehead atoms. The van der Waals surface area contributed by atoms with Crippen LogP contribution in [0.1, 0.15) is 19.0 Å². The van der Waals surface area contributed by atoms with Gasteiger partial charge in [0.1, 0.15) is 0 Å². The Hall–Kier alpha value is -1.13. The minimum atomic E-state index is 0.238. The summed E-state index contributed by atoms with van der Waals surface area (Å²) in [5.74, 6) is 0.649. The van der Waals surface area contributed by atoms with Crippen molar-refractivity contribution in [3.8, 4) is 5.88 Å². The van der Waals surface area contributed by atoms with Gasteiger partial charge in [-0.1, -0.05) is 13.0 Å². The molecule has 0 fully saturated rings. The third-order valence-electron chi connectivity index (χ3n) is 2.46. The second-order valence-electron chi connectivity index (χ2n) is 3.62. The molecule has 0 saturated carbocycles. The minimum absolute atomic E-state index is 0.238. The van der Waals surface area contributed by atoms with Gasteiger partial charge >= 0.3 is 0 Å². The van der Waals surface area contributed by atoms with Gasteiger partial charge in [-0.15, -0.1) is 0 Å². The lowest BCUT2D eigenvalue weighted by Crippen LogP contribution is -2.25. The minimum Gasteiger partial charge on any atom is -0.481 e. The van der Waals surface area contributed by atoms with Crippen LogP contribution in [0.25, 0.3) is 0 Å². The molecule has 0 aliphatic rings. The summed E-state index contributed by atoms with van der Waals surface area (Å²) in [6.45, 7) is 5.00. The summed E-state index contributed by atoms with van der Waals surface area (Å²) in [4.78, 5) is 6.61. The number of methoxy groups -OCH3 is 1. The number of aliphatic hydroxyl groups excluding tert-OH is 1. The van der Waals surface area contributed by atoms with Gasteiger partial charge in [-0.05, 0) is 19.0 Å². The predicted octanol–water partition coefficient (Wildman–Crippen LogP) is 1.29.